The van der Waals surface area contributed by atoms with Crippen LogP contribution in [0.25, 0.3) is 0 Å². The smallest absolute Gasteiger partial charge is 0.191 e. The third-order valence-corrected chi connectivity index (χ3v) is 5.49. The topological polar surface area (TPSA) is 85.6 Å². The summed E-state index contributed by atoms with van der Waals surface area (Å²) in [6, 6.07) is 6.25. The Morgan fingerprint density at radius 2 is 2.00 bits per heavy atom. The Labute approximate surface area is 215 Å². The molecule has 2 N–H and O–H groups in total. The molecule has 1 aliphatic heterocycles. The van der Waals surface area contributed by atoms with Crippen LogP contribution in [0.2, 0.25) is 0 Å². The van der Waals surface area contributed by atoms with Crippen molar-refractivity contribution in [3.63, 3.8) is 0 Å². The standard InChI is InChI=1S/C24H38N6O2.HI/c1-4-25-24(26-13-12-23-29-28-22-9-7-6-8-14-30(22)23)27-18-20-11-10-19(3)17-21(20)32-16-15-31-5-2;/h10-11,17H,4-9,12-16,18H2,1-3H3,(H2,25,26,27);1H. The molecule has 33 heavy (non-hydrogen) atoms. The molecule has 0 radical (unpaired) electrons. The summed E-state index contributed by atoms with van der Waals surface area (Å²) in [5, 5.41) is 15.6. The first kappa shape index (κ1) is 27.4. The molecule has 1 aromatic heterocycles. The zero-order chi connectivity index (χ0) is 22.6. The van der Waals surface area contributed by atoms with Gasteiger partial charge in [0.25, 0.3) is 0 Å². The monoisotopic (exact) mass is 570 g/mol. The highest BCUT2D eigenvalue weighted by molar-refractivity contribution is 14.0. The number of benzene rings is 1. The molecule has 0 bridgehead atoms. The fourth-order valence-corrected chi connectivity index (χ4v) is 3.81. The van der Waals surface area contributed by atoms with Gasteiger partial charge in [0, 0.05) is 44.6 Å². The highest BCUT2D eigenvalue weighted by Gasteiger charge is 2.14. The first-order valence-corrected chi connectivity index (χ1v) is 11.9. The van der Waals surface area contributed by atoms with Gasteiger partial charge in [-0.1, -0.05) is 18.6 Å². The molecule has 2 heterocycles. The van der Waals surface area contributed by atoms with Crippen molar-refractivity contribution in [1.82, 2.24) is 25.4 Å². The number of aliphatic imine (C=N–C) groups is 1. The number of halogens is 1. The lowest BCUT2D eigenvalue weighted by molar-refractivity contribution is 0.110. The van der Waals surface area contributed by atoms with Crippen LogP contribution in [0, 0.1) is 6.92 Å². The molecule has 0 fully saturated rings. The number of ether oxygens (including phenoxy) is 2. The first-order chi connectivity index (χ1) is 15.7. The summed E-state index contributed by atoms with van der Waals surface area (Å²) in [5.74, 6) is 3.86. The quantitative estimate of drug-likeness (QED) is 0.186. The highest BCUT2D eigenvalue weighted by atomic mass is 127. The predicted molar refractivity (Wildman–Crippen MR) is 143 cm³/mol. The summed E-state index contributed by atoms with van der Waals surface area (Å²) in [6.07, 6.45) is 5.56. The largest absolute Gasteiger partial charge is 0.491 e. The van der Waals surface area contributed by atoms with Crippen LogP contribution in [0.3, 0.4) is 0 Å². The summed E-state index contributed by atoms with van der Waals surface area (Å²) >= 11 is 0. The van der Waals surface area contributed by atoms with E-state index in [4.69, 9.17) is 14.5 Å². The molecular formula is C24H39IN6O2. The van der Waals surface area contributed by atoms with Gasteiger partial charge in [0.15, 0.2) is 5.96 Å². The number of nitrogens with one attached hydrogen (secondary N) is 2. The number of nitrogens with zero attached hydrogens (tertiary/aromatic N) is 4. The molecule has 8 nitrogen and oxygen atoms in total. The number of hydrogen-bond donors (Lipinski definition) is 2. The van der Waals surface area contributed by atoms with Gasteiger partial charge in [0.2, 0.25) is 0 Å². The molecule has 0 saturated heterocycles. The highest BCUT2D eigenvalue weighted by Crippen LogP contribution is 2.21. The van der Waals surface area contributed by atoms with Crippen LogP contribution in [0.4, 0.5) is 0 Å². The molecule has 0 saturated carbocycles. The lowest BCUT2D eigenvalue weighted by atomic mass is 10.1. The minimum Gasteiger partial charge on any atom is -0.491 e. The molecular weight excluding hydrogens is 531 g/mol. The van der Waals surface area contributed by atoms with E-state index in [-0.39, 0.29) is 24.0 Å². The van der Waals surface area contributed by atoms with Gasteiger partial charge in [-0.05, 0) is 45.2 Å². The maximum absolute atomic E-state index is 5.95. The van der Waals surface area contributed by atoms with Crippen molar-refractivity contribution in [1.29, 1.82) is 0 Å². The Morgan fingerprint density at radius 1 is 1.12 bits per heavy atom. The average Bonchev–Trinajstić information content (AvgIpc) is 3.01. The molecule has 0 spiro atoms. The summed E-state index contributed by atoms with van der Waals surface area (Å²) in [7, 11) is 0. The molecule has 0 unspecified atom stereocenters. The van der Waals surface area contributed by atoms with Gasteiger partial charge in [-0.3, -0.25) is 0 Å². The van der Waals surface area contributed by atoms with E-state index in [1.807, 2.05) is 6.92 Å². The van der Waals surface area contributed by atoms with Crippen molar-refractivity contribution in [2.75, 3.05) is 32.9 Å². The molecule has 0 amide bonds. The number of aromatic nitrogens is 3. The van der Waals surface area contributed by atoms with Crippen LogP contribution in [0.1, 0.15) is 55.9 Å². The van der Waals surface area contributed by atoms with Gasteiger partial charge in [-0.25, -0.2) is 4.99 Å². The van der Waals surface area contributed by atoms with Crippen molar-refractivity contribution in [3.8, 4) is 5.75 Å². The SMILES string of the molecule is CCNC(=NCc1ccc(C)cc1OCCOCC)NCCc1nnc2n1CCCCC2.I. The second kappa shape index (κ2) is 15.1. The fourth-order valence-electron chi connectivity index (χ4n) is 3.81. The summed E-state index contributed by atoms with van der Waals surface area (Å²) in [4.78, 5) is 4.78. The first-order valence-electron chi connectivity index (χ1n) is 11.9. The predicted octanol–water partition coefficient (Wildman–Crippen LogP) is 3.64. The van der Waals surface area contributed by atoms with E-state index in [0.717, 1.165) is 61.4 Å². The van der Waals surface area contributed by atoms with Crippen LogP contribution in [0.15, 0.2) is 23.2 Å². The molecule has 0 aliphatic carbocycles. The van der Waals surface area contributed by atoms with Crippen molar-refractivity contribution in [2.45, 2.75) is 66.0 Å². The molecule has 9 heteroatoms. The van der Waals surface area contributed by atoms with Crippen LogP contribution in [-0.2, 0) is 30.7 Å². The van der Waals surface area contributed by atoms with E-state index < -0.39 is 0 Å². The summed E-state index contributed by atoms with van der Waals surface area (Å²) in [5.41, 5.74) is 2.23. The van der Waals surface area contributed by atoms with E-state index in [1.54, 1.807) is 0 Å². The third-order valence-electron chi connectivity index (χ3n) is 5.49. The summed E-state index contributed by atoms with van der Waals surface area (Å²) in [6.45, 7) is 11.1. The number of hydrogen-bond acceptors (Lipinski definition) is 5. The van der Waals surface area contributed by atoms with Crippen LogP contribution in [-0.4, -0.2) is 53.6 Å². The second-order valence-corrected chi connectivity index (χ2v) is 8.02. The van der Waals surface area contributed by atoms with Crippen LogP contribution >= 0.6 is 24.0 Å². The van der Waals surface area contributed by atoms with Crippen molar-refractivity contribution in [2.24, 2.45) is 4.99 Å². The van der Waals surface area contributed by atoms with Gasteiger partial charge < -0.3 is 24.7 Å². The van der Waals surface area contributed by atoms with Gasteiger partial charge in [-0.2, -0.15) is 0 Å². The Bertz CT molecular complexity index is 871. The van der Waals surface area contributed by atoms with Gasteiger partial charge in [0.1, 0.15) is 24.0 Å². The zero-order valence-corrected chi connectivity index (χ0v) is 22.6. The lowest BCUT2D eigenvalue weighted by Gasteiger charge is -2.14. The van der Waals surface area contributed by atoms with Crippen molar-refractivity contribution in [3.05, 3.63) is 41.0 Å². The molecule has 2 aromatic rings. The maximum atomic E-state index is 5.95. The minimum atomic E-state index is 0. The molecule has 3 rings (SSSR count). The third kappa shape index (κ3) is 8.77. The van der Waals surface area contributed by atoms with E-state index in [1.165, 1.54) is 24.8 Å². The Morgan fingerprint density at radius 3 is 2.82 bits per heavy atom. The second-order valence-electron chi connectivity index (χ2n) is 8.02. The van der Waals surface area contributed by atoms with Gasteiger partial charge in [0.05, 0.1) is 13.2 Å². The fraction of sp³-hybridized carbons (Fsp3) is 0.625. The van der Waals surface area contributed by atoms with E-state index >= 15 is 0 Å². The van der Waals surface area contributed by atoms with E-state index in [0.29, 0.717) is 26.4 Å². The van der Waals surface area contributed by atoms with Gasteiger partial charge >= 0.3 is 0 Å². The van der Waals surface area contributed by atoms with Gasteiger partial charge in [-0.15, -0.1) is 34.2 Å². The Balaban J connectivity index is 0.00000385. The Hall–Kier alpha value is -1.88. The average molecular weight is 571 g/mol. The van der Waals surface area contributed by atoms with Crippen molar-refractivity contribution >= 4 is 29.9 Å². The Kier molecular flexibility index (Phi) is 12.5. The van der Waals surface area contributed by atoms with Crippen LogP contribution < -0.4 is 15.4 Å². The molecule has 1 aromatic carbocycles. The van der Waals surface area contributed by atoms with Crippen LogP contribution in [0.5, 0.6) is 5.75 Å². The molecule has 184 valence electrons. The number of guanidine groups is 1. The number of aryl methyl sites for hydroxylation is 2. The van der Waals surface area contributed by atoms with E-state index in [2.05, 4.69) is 57.4 Å². The minimum absolute atomic E-state index is 0. The molecule has 0 atom stereocenters. The normalized spacial score (nSPS) is 13.6. The van der Waals surface area contributed by atoms with Crippen molar-refractivity contribution < 1.29 is 9.47 Å². The summed E-state index contributed by atoms with van der Waals surface area (Å²) < 4.78 is 13.6. The number of rotatable bonds is 11. The lowest BCUT2D eigenvalue weighted by Crippen LogP contribution is -2.38. The van der Waals surface area contributed by atoms with E-state index in [9.17, 15) is 0 Å². The molecule has 1 aliphatic rings. The zero-order valence-electron chi connectivity index (χ0n) is 20.2. The maximum Gasteiger partial charge on any atom is 0.191 e. The number of fused-ring (bicyclic) bond motifs is 1.